The van der Waals surface area contributed by atoms with Crippen molar-refractivity contribution >= 4 is 11.8 Å². The molecule has 0 N–H and O–H groups in total. The fourth-order valence-electron chi connectivity index (χ4n) is 5.65. The Morgan fingerprint density at radius 2 is 1.73 bits per heavy atom. The summed E-state index contributed by atoms with van der Waals surface area (Å²) in [6.45, 7) is 8.00. The van der Waals surface area contributed by atoms with E-state index in [9.17, 15) is 18.0 Å². The van der Waals surface area contributed by atoms with Crippen molar-refractivity contribution in [2.45, 2.75) is 83.2 Å². The highest BCUT2D eigenvalue weighted by Crippen LogP contribution is 2.41. The molecule has 0 bridgehead atoms. The molecule has 0 radical (unpaired) electrons. The van der Waals surface area contributed by atoms with E-state index in [-0.39, 0.29) is 5.54 Å². The van der Waals surface area contributed by atoms with Gasteiger partial charge in [-0.15, -0.1) is 0 Å². The van der Waals surface area contributed by atoms with Gasteiger partial charge in [-0.2, -0.15) is 13.2 Å². The number of likely N-dealkylation sites (tertiary alicyclic amines) is 2. The van der Waals surface area contributed by atoms with E-state index in [1.54, 1.807) is 0 Å². The monoisotopic (exact) mass is 467 g/mol. The number of aryl methyl sites for hydroxylation is 1. The van der Waals surface area contributed by atoms with Crippen molar-refractivity contribution in [3.05, 3.63) is 29.3 Å². The molecule has 1 spiro atoms. The maximum absolute atomic E-state index is 12.8. The highest BCUT2D eigenvalue weighted by molar-refractivity contribution is 5.68. The number of piperidine rings is 2. The lowest BCUT2D eigenvalue weighted by atomic mass is 9.84. The molecule has 1 aromatic rings. The molecule has 1 unspecified atom stereocenters. The summed E-state index contributed by atoms with van der Waals surface area (Å²) in [5.41, 5.74) is 3.98. The lowest BCUT2D eigenvalue weighted by molar-refractivity contribution is -0.200. The minimum absolute atomic E-state index is 0.0104. The van der Waals surface area contributed by atoms with Crippen molar-refractivity contribution in [1.82, 2.24) is 9.80 Å². The van der Waals surface area contributed by atoms with Crippen LogP contribution in [-0.2, 0) is 11.3 Å². The van der Waals surface area contributed by atoms with Crippen molar-refractivity contribution in [2.24, 2.45) is 0 Å². The Kier molecular flexibility index (Phi) is 7.12. The SMILES string of the molecule is Cc1ccc(CN2CCCC23CCN(C(=O)OC(C)C(F)(F)F)CC3)c(N2CCCCC2)c1. The van der Waals surface area contributed by atoms with Gasteiger partial charge in [0.2, 0.25) is 0 Å². The minimum atomic E-state index is -4.53. The molecule has 8 heteroatoms. The van der Waals surface area contributed by atoms with E-state index in [4.69, 9.17) is 0 Å². The average molecular weight is 468 g/mol. The zero-order valence-corrected chi connectivity index (χ0v) is 19.8. The Hall–Kier alpha value is -1.96. The molecule has 0 aromatic heterocycles. The van der Waals surface area contributed by atoms with E-state index in [1.807, 2.05) is 0 Å². The van der Waals surface area contributed by atoms with Crippen molar-refractivity contribution in [1.29, 1.82) is 0 Å². The summed E-state index contributed by atoms with van der Waals surface area (Å²) in [7, 11) is 0. The molecule has 0 aliphatic carbocycles. The van der Waals surface area contributed by atoms with Crippen LogP contribution < -0.4 is 4.90 Å². The summed E-state index contributed by atoms with van der Waals surface area (Å²) >= 11 is 0. The summed E-state index contributed by atoms with van der Waals surface area (Å²) in [4.78, 5) is 18.8. The van der Waals surface area contributed by atoms with Crippen LogP contribution in [0.2, 0.25) is 0 Å². The van der Waals surface area contributed by atoms with Gasteiger partial charge in [-0.1, -0.05) is 12.1 Å². The van der Waals surface area contributed by atoms with Gasteiger partial charge in [-0.3, -0.25) is 4.90 Å². The van der Waals surface area contributed by atoms with Gasteiger partial charge in [-0.05, 0) is 82.5 Å². The van der Waals surface area contributed by atoms with Gasteiger partial charge in [0.1, 0.15) is 0 Å². The molecule has 1 amide bonds. The molecule has 184 valence electrons. The van der Waals surface area contributed by atoms with Crippen LogP contribution in [-0.4, -0.2) is 66.4 Å². The average Bonchev–Trinajstić information content (AvgIpc) is 3.16. The number of hydrogen-bond donors (Lipinski definition) is 0. The summed E-state index contributed by atoms with van der Waals surface area (Å²) in [5, 5.41) is 0. The van der Waals surface area contributed by atoms with Crippen molar-refractivity contribution in [3.8, 4) is 0 Å². The van der Waals surface area contributed by atoms with E-state index in [1.165, 1.54) is 41.0 Å². The van der Waals surface area contributed by atoms with Crippen LogP contribution in [0.3, 0.4) is 0 Å². The second kappa shape index (κ2) is 9.72. The Balaban J connectivity index is 1.42. The van der Waals surface area contributed by atoms with Gasteiger partial charge in [0.15, 0.2) is 6.10 Å². The minimum Gasteiger partial charge on any atom is -0.437 e. The van der Waals surface area contributed by atoms with E-state index in [0.29, 0.717) is 13.1 Å². The van der Waals surface area contributed by atoms with Gasteiger partial charge in [0.05, 0.1) is 0 Å². The van der Waals surface area contributed by atoms with E-state index in [2.05, 4.69) is 39.7 Å². The predicted octanol–water partition coefficient (Wildman–Crippen LogP) is 5.50. The molecule has 3 heterocycles. The van der Waals surface area contributed by atoms with Gasteiger partial charge in [0, 0.05) is 44.0 Å². The zero-order valence-electron chi connectivity index (χ0n) is 19.8. The molecule has 1 aromatic carbocycles. The normalized spacial score (nSPS) is 22.6. The fourth-order valence-corrected chi connectivity index (χ4v) is 5.65. The first-order valence-electron chi connectivity index (χ1n) is 12.3. The van der Waals surface area contributed by atoms with Crippen LogP contribution in [0.4, 0.5) is 23.7 Å². The van der Waals surface area contributed by atoms with Crippen LogP contribution in [0.15, 0.2) is 18.2 Å². The number of benzene rings is 1. The molecule has 3 fully saturated rings. The maximum Gasteiger partial charge on any atom is 0.425 e. The zero-order chi connectivity index (χ0) is 23.6. The molecule has 5 nitrogen and oxygen atoms in total. The number of carbonyl (C=O) groups is 1. The second-order valence-corrected chi connectivity index (χ2v) is 9.98. The molecule has 3 saturated heterocycles. The number of halogens is 3. The first-order valence-corrected chi connectivity index (χ1v) is 12.3. The van der Waals surface area contributed by atoms with Gasteiger partial charge < -0.3 is 14.5 Å². The van der Waals surface area contributed by atoms with Crippen molar-refractivity contribution < 1.29 is 22.7 Å². The maximum atomic E-state index is 12.8. The number of ether oxygens (including phenoxy) is 1. The second-order valence-electron chi connectivity index (χ2n) is 9.98. The first-order chi connectivity index (χ1) is 15.7. The molecule has 3 aliphatic rings. The lowest BCUT2D eigenvalue weighted by Gasteiger charge is -2.45. The molecule has 4 rings (SSSR count). The number of alkyl halides is 3. The predicted molar refractivity (Wildman–Crippen MR) is 122 cm³/mol. The van der Waals surface area contributed by atoms with Crippen molar-refractivity contribution in [2.75, 3.05) is 37.6 Å². The van der Waals surface area contributed by atoms with Crippen LogP contribution in [0.25, 0.3) is 0 Å². The number of hydrogen-bond acceptors (Lipinski definition) is 4. The Labute approximate surface area is 194 Å². The summed E-state index contributed by atoms with van der Waals surface area (Å²) in [5.74, 6) is 0. The third-order valence-electron chi connectivity index (χ3n) is 7.73. The van der Waals surface area contributed by atoms with Gasteiger partial charge >= 0.3 is 12.3 Å². The molecular formula is C25H36F3N3O2. The van der Waals surface area contributed by atoms with Crippen molar-refractivity contribution in [3.63, 3.8) is 0 Å². The topological polar surface area (TPSA) is 36.0 Å². The Morgan fingerprint density at radius 3 is 2.39 bits per heavy atom. The summed E-state index contributed by atoms with van der Waals surface area (Å²) < 4.78 is 42.9. The number of nitrogens with zero attached hydrogens (tertiary/aromatic N) is 3. The molecule has 33 heavy (non-hydrogen) atoms. The smallest absolute Gasteiger partial charge is 0.425 e. The third-order valence-corrected chi connectivity index (χ3v) is 7.73. The van der Waals surface area contributed by atoms with Gasteiger partial charge in [0.25, 0.3) is 0 Å². The third kappa shape index (κ3) is 5.42. The van der Waals surface area contributed by atoms with Gasteiger partial charge in [-0.25, -0.2) is 4.79 Å². The molecule has 1 atom stereocenters. The number of rotatable bonds is 4. The number of amides is 1. The van der Waals surface area contributed by atoms with E-state index >= 15 is 0 Å². The number of carbonyl (C=O) groups excluding carboxylic acids is 1. The van der Waals surface area contributed by atoms with Crippen LogP contribution >= 0.6 is 0 Å². The van der Waals surface area contributed by atoms with Crippen LogP contribution in [0.1, 0.15) is 63.0 Å². The molecule has 3 aliphatic heterocycles. The standard InChI is InChI=1S/C25H36F3N3O2/c1-19-7-8-21(22(17-19)29-12-4-3-5-13-29)18-31-14-6-9-24(31)10-15-30(16-11-24)23(32)33-20(2)25(26,27)28/h7-8,17,20H,3-6,9-16,18H2,1-2H3. The summed E-state index contributed by atoms with van der Waals surface area (Å²) in [6.07, 6.45) is 0.0208. The number of anilines is 1. The van der Waals surface area contributed by atoms with Crippen LogP contribution in [0, 0.1) is 6.92 Å². The Morgan fingerprint density at radius 1 is 1.03 bits per heavy atom. The molecular weight excluding hydrogens is 431 g/mol. The largest absolute Gasteiger partial charge is 0.437 e. The van der Waals surface area contributed by atoms with E-state index in [0.717, 1.165) is 58.8 Å². The molecule has 0 saturated carbocycles. The van der Waals surface area contributed by atoms with Crippen LogP contribution in [0.5, 0.6) is 0 Å². The highest BCUT2D eigenvalue weighted by Gasteiger charge is 2.45. The summed E-state index contributed by atoms with van der Waals surface area (Å²) in [6, 6.07) is 6.76. The highest BCUT2D eigenvalue weighted by atomic mass is 19.4. The quantitative estimate of drug-likeness (QED) is 0.586. The lowest BCUT2D eigenvalue weighted by Crippen LogP contribution is -2.53. The fraction of sp³-hybridized carbons (Fsp3) is 0.720. The first kappa shape index (κ1) is 24.2. The van der Waals surface area contributed by atoms with E-state index < -0.39 is 18.4 Å². The Bertz CT molecular complexity index is 831.